The summed E-state index contributed by atoms with van der Waals surface area (Å²) in [6.45, 7) is 2.45. The van der Waals surface area contributed by atoms with Crippen molar-refractivity contribution < 1.29 is 9.18 Å². The van der Waals surface area contributed by atoms with Crippen LogP contribution in [0.4, 0.5) is 4.39 Å². The Morgan fingerprint density at radius 2 is 1.80 bits per heavy atom. The Bertz CT molecular complexity index is 814. The molecule has 0 unspecified atom stereocenters. The lowest BCUT2D eigenvalue weighted by Gasteiger charge is -2.36. The van der Waals surface area contributed by atoms with Gasteiger partial charge in [-0.15, -0.1) is 0 Å². The highest BCUT2D eigenvalue weighted by molar-refractivity contribution is 5.76. The molecule has 1 aromatic carbocycles. The summed E-state index contributed by atoms with van der Waals surface area (Å²) in [6, 6.07) is 12.9. The number of carbonyl (C=O) groups is 1. The molecule has 4 nitrogen and oxygen atoms in total. The second-order valence-corrected chi connectivity index (χ2v) is 8.86. The van der Waals surface area contributed by atoms with E-state index in [0.717, 1.165) is 37.2 Å². The van der Waals surface area contributed by atoms with E-state index in [1.807, 2.05) is 30.3 Å². The van der Waals surface area contributed by atoms with Crippen LogP contribution < -0.4 is 5.32 Å². The minimum absolute atomic E-state index is 0.0456. The summed E-state index contributed by atoms with van der Waals surface area (Å²) in [6.07, 6.45) is 9.24. The number of aromatic nitrogens is 1. The van der Waals surface area contributed by atoms with Crippen molar-refractivity contribution in [1.29, 1.82) is 0 Å². The molecule has 1 N–H and O–H groups in total. The number of likely N-dealkylation sites (tertiary alicyclic amines) is 1. The molecule has 1 amide bonds. The van der Waals surface area contributed by atoms with Crippen molar-refractivity contribution in [3.05, 3.63) is 65.7 Å². The summed E-state index contributed by atoms with van der Waals surface area (Å²) in [5.41, 5.74) is 1.70. The van der Waals surface area contributed by atoms with Crippen LogP contribution in [-0.2, 0) is 11.3 Å². The van der Waals surface area contributed by atoms with Gasteiger partial charge in [0, 0.05) is 24.7 Å². The predicted molar refractivity (Wildman–Crippen MR) is 116 cm³/mol. The maximum Gasteiger partial charge on any atom is 0.220 e. The molecule has 2 heterocycles. The molecular weight excluding hydrogens is 377 g/mol. The van der Waals surface area contributed by atoms with Crippen LogP contribution in [0.3, 0.4) is 0 Å². The zero-order valence-electron chi connectivity index (χ0n) is 17.6. The largest absolute Gasteiger partial charge is 0.347 e. The van der Waals surface area contributed by atoms with Crippen LogP contribution in [-0.4, -0.2) is 28.9 Å². The van der Waals surface area contributed by atoms with Gasteiger partial charge in [-0.1, -0.05) is 37.1 Å². The first-order valence-corrected chi connectivity index (χ1v) is 11.3. The fourth-order valence-electron chi connectivity index (χ4n) is 5.01. The number of carbonyl (C=O) groups excluding carboxylic acids is 1. The normalized spacial score (nSPS) is 19.6. The monoisotopic (exact) mass is 409 g/mol. The topological polar surface area (TPSA) is 45.2 Å². The maximum absolute atomic E-state index is 14.0. The van der Waals surface area contributed by atoms with Gasteiger partial charge in [-0.3, -0.25) is 14.7 Å². The third kappa shape index (κ3) is 5.45. The van der Waals surface area contributed by atoms with Crippen molar-refractivity contribution in [2.75, 3.05) is 13.1 Å². The molecule has 1 aliphatic carbocycles. The first-order chi connectivity index (χ1) is 14.7. The van der Waals surface area contributed by atoms with Crippen molar-refractivity contribution >= 4 is 5.91 Å². The van der Waals surface area contributed by atoms with Crippen LogP contribution in [0.25, 0.3) is 0 Å². The van der Waals surface area contributed by atoms with Gasteiger partial charge in [0.15, 0.2) is 0 Å². The molecule has 30 heavy (non-hydrogen) atoms. The quantitative estimate of drug-likeness (QED) is 0.710. The average molecular weight is 410 g/mol. The molecule has 0 spiro atoms. The summed E-state index contributed by atoms with van der Waals surface area (Å²) in [5, 5.41) is 3.32. The molecule has 1 aliphatic heterocycles. The molecule has 1 saturated carbocycles. The number of pyridine rings is 1. The number of nitrogens with zero attached hydrogens (tertiary/aromatic N) is 2. The van der Waals surface area contributed by atoms with E-state index in [2.05, 4.69) is 15.2 Å². The predicted octanol–water partition coefficient (Wildman–Crippen LogP) is 4.87. The number of rotatable bonds is 7. The average Bonchev–Trinajstić information content (AvgIpc) is 3.28. The molecule has 2 aliphatic rings. The number of halogens is 1. The van der Waals surface area contributed by atoms with Gasteiger partial charge >= 0.3 is 0 Å². The van der Waals surface area contributed by atoms with Gasteiger partial charge in [0.25, 0.3) is 0 Å². The van der Waals surface area contributed by atoms with Crippen LogP contribution in [0, 0.1) is 17.7 Å². The number of hydrogen-bond donors (Lipinski definition) is 1. The summed E-state index contributed by atoms with van der Waals surface area (Å²) in [5.74, 6) is 0.915. The van der Waals surface area contributed by atoms with Crippen LogP contribution in [0.15, 0.2) is 48.7 Å². The molecule has 4 rings (SSSR count). The van der Waals surface area contributed by atoms with E-state index in [4.69, 9.17) is 0 Å². The fourth-order valence-corrected chi connectivity index (χ4v) is 5.01. The van der Waals surface area contributed by atoms with E-state index in [9.17, 15) is 9.18 Å². The Morgan fingerprint density at radius 3 is 2.50 bits per heavy atom. The number of hydrogen-bond acceptors (Lipinski definition) is 3. The Kier molecular flexibility index (Phi) is 7.11. The third-order valence-electron chi connectivity index (χ3n) is 6.73. The van der Waals surface area contributed by atoms with E-state index >= 15 is 0 Å². The molecule has 5 heteroatoms. The Labute approximate surface area is 178 Å². The van der Waals surface area contributed by atoms with E-state index in [1.54, 1.807) is 12.3 Å². The van der Waals surface area contributed by atoms with Gasteiger partial charge in [-0.2, -0.15) is 0 Å². The summed E-state index contributed by atoms with van der Waals surface area (Å²) in [7, 11) is 0. The van der Waals surface area contributed by atoms with E-state index < -0.39 is 0 Å². The molecule has 160 valence electrons. The van der Waals surface area contributed by atoms with Crippen molar-refractivity contribution in [2.45, 2.75) is 57.5 Å². The van der Waals surface area contributed by atoms with Gasteiger partial charge in [0.1, 0.15) is 5.82 Å². The molecule has 1 atom stereocenters. The maximum atomic E-state index is 14.0. The van der Waals surface area contributed by atoms with Crippen molar-refractivity contribution in [3.8, 4) is 0 Å². The molecule has 2 fully saturated rings. The standard InChI is InChI=1S/C25H32FN3O/c26-22-10-4-3-9-21(22)18-29-15-12-20(13-16-29)25(23-11-5-6-14-27-23)28-24(30)17-19-7-1-2-8-19/h3-6,9-11,14,19-20,25H,1-2,7-8,12-13,15-18H2,(H,28,30)/t25-/m1/s1. The highest BCUT2D eigenvalue weighted by Crippen LogP contribution is 2.32. The third-order valence-corrected chi connectivity index (χ3v) is 6.73. The zero-order valence-corrected chi connectivity index (χ0v) is 17.6. The Hall–Kier alpha value is -2.27. The lowest BCUT2D eigenvalue weighted by atomic mass is 9.86. The SMILES string of the molecule is O=C(CC1CCCC1)N[C@@H](c1ccccn1)C1CCN(Cc2ccccc2F)CC1. The lowest BCUT2D eigenvalue weighted by molar-refractivity contribution is -0.123. The second kappa shape index (κ2) is 10.2. The molecule has 2 aromatic rings. The minimum Gasteiger partial charge on any atom is -0.347 e. The second-order valence-electron chi connectivity index (χ2n) is 8.86. The number of nitrogens with one attached hydrogen (secondary N) is 1. The van der Waals surface area contributed by atoms with Crippen LogP contribution in [0.5, 0.6) is 0 Å². The first kappa shape index (κ1) is 21.0. The Balaban J connectivity index is 1.38. The van der Waals surface area contributed by atoms with Gasteiger partial charge < -0.3 is 5.32 Å². The molecule has 1 aromatic heterocycles. The van der Waals surface area contributed by atoms with Gasteiger partial charge in [-0.25, -0.2) is 4.39 Å². The summed E-state index contributed by atoms with van der Waals surface area (Å²) >= 11 is 0. The highest BCUT2D eigenvalue weighted by atomic mass is 19.1. The highest BCUT2D eigenvalue weighted by Gasteiger charge is 2.30. The van der Waals surface area contributed by atoms with E-state index in [-0.39, 0.29) is 17.8 Å². The Morgan fingerprint density at radius 1 is 1.07 bits per heavy atom. The van der Waals surface area contributed by atoms with E-state index in [1.165, 1.54) is 31.7 Å². The van der Waals surface area contributed by atoms with E-state index in [0.29, 0.717) is 24.8 Å². The molecule has 0 radical (unpaired) electrons. The molecular formula is C25H32FN3O. The number of amides is 1. The zero-order chi connectivity index (χ0) is 20.8. The first-order valence-electron chi connectivity index (χ1n) is 11.3. The lowest BCUT2D eigenvalue weighted by Crippen LogP contribution is -2.41. The number of piperidine rings is 1. The number of benzene rings is 1. The van der Waals surface area contributed by atoms with Gasteiger partial charge in [0.2, 0.25) is 5.91 Å². The molecule has 0 bridgehead atoms. The smallest absolute Gasteiger partial charge is 0.220 e. The van der Waals surface area contributed by atoms with Crippen molar-refractivity contribution in [3.63, 3.8) is 0 Å². The van der Waals surface area contributed by atoms with Crippen LogP contribution >= 0.6 is 0 Å². The van der Waals surface area contributed by atoms with Crippen molar-refractivity contribution in [1.82, 2.24) is 15.2 Å². The van der Waals surface area contributed by atoms with Gasteiger partial charge in [-0.05, 0) is 68.8 Å². The summed E-state index contributed by atoms with van der Waals surface area (Å²) in [4.78, 5) is 19.6. The van der Waals surface area contributed by atoms with Crippen LogP contribution in [0.1, 0.15) is 62.2 Å². The minimum atomic E-state index is -0.134. The van der Waals surface area contributed by atoms with Crippen LogP contribution in [0.2, 0.25) is 0 Å². The molecule has 1 saturated heterocycles. The van der Waals surface area contributed by atoms with Crippen molar-refractivity contribution in [2.24, 2.45) is 11.8 Å². The fraction of sp³-hybridized carbons (Fsp3) is 0.520. The summed E-state index contributed by atoms with van der Waals surface area (Å²) < 4.78 is 14.0. The van der Waals surface area contributed by atoms with Gasteiger partial charge in [0.05, 0.1) is 11.7 Å².